The second kappa shape index (κ2) is 4.95. The predicted molar refractivity (Wildman–Crippen MR) is 102 cm³/mol. The van der Waals surface area contributed by atoms with E-state index < -0.39 is 0 Å². The van der Waals surface area contributed by atoms with Crippen LogP contribution in [0.15, 0.2) is 60.7 Å². The second-order valence-corrected chi connectivity index (χ2v) is 7.99. The minimum atomic E-state index is -0.230. The van der Waals surface area contributed by atoms with Gasteiger partial charge < -0.3 is 4.74 Å². The van der Waals surface area contributed by atoms with E-state index in [0.29, 0.717) is 12.0 Å². The third-order valence-corrected chi connectivity index (χ3v) is 6.73. The summed E-state index contributed by atoms with van der Waals surface area (Å²) in [6, 6.07) is 22.3. The number of hydrogen-bond donors (Lipinski definition) is 0. The smallest absolute Gasteiger partial charge is 0.121 e. The fourth-order valence-electron chi connectivity index (χ4n) is 5.71. The quantitative estimate of drug-likeness (QED) is 0.489. The first-order valence-electron chi connectivity index (χ1n) is 9.67. The van der Waals surface area contributed by atoms with Gasteiger partial charge in [-0.25, -0.2) is 0 Å². The lowest BCUT2D eigenvalue weighted by molar-refractivity contribution is -0.0284. The predicted octanol–water partition coefficient (Wildman–Crippen LogP) is 6.04. The molecule has 0 aromatic heterocycles. The van der Waals surface area contributed by atoms with E-state index in [-0.39, 0.29) is 5.60 Å². The van der Waals surface area contributed by atoms with Crippen LogP contribution in [0.2, 0.25) is 0 Å². The van der Waals surface area contributed by atoms with E-state index in [0.717, 1.165) is 6.42 Å². The number of benzene rings is 3. The van der Waals surface area contributed by atoms with Gasteiger partial charge in [0.15, 0.2) is 0 Å². The van der Waals surface area contributed by atoms with E-state index in [2.05, 4.69) is 60.7 Å². The summed E-state index contributed by atoms with van der Waals surface area (Å²) < 4.78 is 6.97. The third-order valence-electron chi connectivity index (χ3n) is 6.73. The Labute approximate surface area is 148 Å². The summed E-state index contributed by atoms with van der Waals surface area (Å²) in [5.41, 5.74) is 5.36. The van der Waals surface area contributed by atoms with Crippen molar-refractivity contribution in [2.75, 3.05) is 0 Å². The normalized spacial score (nSPS) is 29.6. The van der Waals surface area contributed by atoms with Gasteiger partial charge in [-0.3, -0.25) is 0 Å². The number of hydrogen-bond acceptors (Lipinski definition) is 1. The van der Waals surface area contributed by atoms with Gasteiger partial charge in [-0.1, -0.05) is 73.5 Å². The van der Waals surface area contributed by atoms with Crippen LogP contribution in [0.5, 0.6) is 0 Å². The summed E-state index contributed by atoms with van der Waals surface area (Å²) >= 11 is 0. The molecule has 2 fully saturated rings. The van der Waals surface area contributed by atoms with E-state index in [9.17, 15) is 0 Å². The summed E-state index contributed by atoms with van der Waals surface area (Å²) in [5.74, 6) is 0.715. The van der Waals surface area contributed by atoms with Gasteiger partial charge in [-0.05, 0) is 52.6 Å². The first-order chi connectivity index (χ1) is 12.4. The summed E-state index contributed by atoms with van der Waals surface area (Å²) in [6.07, 6.45) is 6.83. The highest BCUT2D eigenvalue weighted by molar-refractivity contribution is 5.97. The monoisotopic (exact) mass is 326 g/mol. The molecule has 0 amide bonds. The molecule has 1 saturated heterocycles. The maximum atomic E-state index is 6.97. The number of fused-ring (bicyclic) bond motifs is 8. The highest BCUT2D eigenvalue weighted by Crippen LogP contribution is 2.60. The largest absolute Gasteiger partial charge is 0.362 e. The van der Waals surface area contributed by atoms with Crippen LogP contribution in [0.25, 0.3) is 21.9 Å². The van der Waals surface area contributed by atoms with Gasteiger partial charge >= 0.3 is 0 Å². The molecule has 3 atom stereocenters. The van der Waals surface area contributed by atoms with Gasteiger partial charge in [0.25, 0.3) is 0 Å². The molecule has 25 heavy (non-hydrogen) atoms. The average Bonchev–Trinajstić information content (AvgIpc) is 3.19. The molecule has 3 aromatic rings. The molecule has 1 aliphatic heterocycles. The van der Waals surface area contributed by atoms with Crippen molar-refractivity contribution >= 4 is 10.8 Å². The molecule has 1 heterocycles. The molecule has 1 spiro atoms. The molecule has 0 radical (unpaired) electrons. The lowest BCUT2D eigenvalue weighted by Crippen LogP contribution is -2.26. The maximum Gasteiger partial charge on any atom is 0.121 e. The molecule has 1 heteroatoms. The molecule has 3 unspecified atom stereocenters. The Morgan fingerprint density at radius 3 is 2.60 bits per heavy atom. The third kappa shape index (κ3) is 1.77. The molecule has 1 saturated carbocycles. The van der Waals surface area contributed by atoms with Crippen molar-refractivity contribution < 1.29 is 4.74 Å². The zero-order valence-electron chi connectivity index (χ0n) is 14.4. The van der Waals surface area contributed by atoms with Crippen molar-refractivity contribution in [1.82, 2.24) is 0 Å². The zero-order chi connectivity index (χ0) is 16.4. The minimum Gasteiger partial charge on any atom is -0.362 e. The van der Waals surface area contributed by atoms with Crippen molar-refractivity contribution in [1.29, 1.82) is 0 Å². The van der Waals surface area contributed by atoms with E-state index >= 15 is 0 Å². The zero-order valence-corrected chi connectivity index (χ0v) is 14.4. The van der Waals surface area contributed by atoms with Gasteiger partial charge in [-0.15, -0.1) is 0 Å². The van der Waals surface area contributed by atoms with Gasteiger partial charge in [0.1, 0.15) is 5.60 Å². The molecular formula is C24H22O. The molecule has 0 bridgehead atoms. The highest BCUT2D eigenvalue weighted by Gasteiger charge is 2.54. The van der Waals surface area contributed by atoms with E-state index in [1.165, 1.54) is 58.7 Å². The Bertz CT molecular complexity index is 972. The van der Waals surface area contributed by atoms with Crippen molar-refractivity contribution in [2.24, 2.45) is 5.92 Å². The Balaban J connectivity index is 1.68. The summed E-state index contributed by atoms with van der Waals surface area (Å²) in [6.45, 7) is 0. The fraction of sp³-hybridized carbons (Fsp3) is 0.333. The Morgan fingerprint density at radius 2 is 1.64 bits per heavy atom. The lowest BCUT2D eigenvalue weighted by atomic mass is 9.78. The van der Waals surface area contributed by atoms with E-state index in [1.807, 2.05) is 0 Å². The highest BCUT2D eigenvalue weighted by atomic mass is 16.5. The standard InChI is InChI=1S/C24H22O/c1-3-9-18-16(7-1)13-14-20-19-10-4-5-11-21(19)24(23(18)20)15-17-8-2-6-12-22(17)25-24/h1,3-5,7,9-11,13-14,17,22H,2,6,8,12,15H2. The maximum absolute atomic E-state index is 6.97. The van der Waals surface area contributed by atoms with Crippen LogP contribution in [0.4, 0.5) is 0 Å². The Kier molecular flexibility index (Phi) is 2.79. The van der Waals surface area contributed by atoms with Crippen molar-refractivity contribution in [3.8, 4) is 11.1 Å². The Morgan fingerprint density at radius 1 is 0.800 bits per heavy atom. The van der Waals surface area contributed by atoms with Crippen LogP contribution in [0.1, 0.15) is 43.2 Å². The molecule has 3 aliphatic rings. The molecule has 6 rings (SSSR count). The van der Waals surface area contributed by atoms with Crippen LogP contribution >= 0.6 is 0 Å². The van der Waals surface area contributed by atoms with Crippen LogP contribution in [0.3, 0.4) is 0 Å². The van der Waals surface area contributed by atoms with E-state index in [1.54, 1.807) is 0 Å². The van der Waals surface area contributed by atoms with Gasteiger partial charge in [0, 0.05) is 5.56 Å². The molecule has 124 valence electrons. The molecule has 3 aromatic carbocycles. The van der Waals surface area contributed by atoms with E-state index in [4.69, 9.17) is 4.74 Å². The first kappa shape index (κ1) is 14.1. The summed E-state index contributed by atoms with van der Waals surface area (Å²) in [5, 5.41) is 2.70. The molecule has 0 N–H and O–H groups in total. The SMILES string of the molecule is c1ccc2c(c1)-c1ccc3ccccc3c1C21CC2CCCCC2O1. The topological polar surface area (TPSA) is 9.23 Å². The van der Waals surface area contributed by atoms with Crippen LogP contribution in [-0.2, 0) is 10.3 Å². The molecule has 2 aliphatic carbocycles. The van der Waals surface area contributed by atoms with Crippen molar-refractivity contribution in [2.45, 2.75) is 43.8 Å². The van der Waals surface area contributed by atoms with Gasteiger partial charge in [0.05, 0.1) is 6.10 Å². The number of ether oxygens (including phenoxy) is 1. The van der Waals surface area contributed by atoms with Crippen LogP contribution in [-0.4, -0.2) is 6.10 Å². The molecular weight excluding hydrogens is 304 g/mol. The fourth-order valence-corrected chi connectivity index (χ4v) is 5.71. The summed E-state index contributed by atoms with van der Waals surface area (Å²) in [7, 11) is 0. The van der Waals surface area contributed by atoms with Gasteiger partial charge in [0.2, 0.25) is 0 Å². The van der Waals surface area contributed by atoms with Crippen LogP contribution < -0.4 is 0 Å². The minimum absolute atomic E-state index is 0.230. The first-order valence-corrected chi connectivity index (χ1v) is 9.67. The lowest BCUT2D eigenvalue weighted by Gasteiger charge is -2.28. The van der Waals surface area contributed by atoms with Crippen molar-refractivity contribution in [3.05, 3.63) is 71.8 Å². The summed E-state index contributed by atoms with van der Waals surface area (Å²) in [4.78, 5) is 0. The number of rotatable bonds is 0. The second-order valence-electron chi connectivity index (χ2n) is 7.99. The Hall–Kier alpha value is -2.12. The van der Waals surface area contributed by atoms with Gasteiger partial charge in [-0.2, -0.15) is 0 Å². The molecule has 1 nitrogen and oxygen atoms in total. The average molecular weight is 326 g/mol. The van der Waals surface area contributed by atoms with Crippen LogP contribution in [0, 0.1) is 5.92 Å². The van der Waals surface area contributed by atoms with Crippen molar-refractivity contribution in [3.63, 3.8) is 0 Å².